The summed E-state index contributed by atoms with van der Waals surface area (Å²) < 4.78 is 49.3. The predicted molar refractivity (Wildman–Crippen MR) is 99.6 cm³/mol. The van der Waals surface area contributed by atoms with E-state index in [-0.39, 0.29) is 16.4 Å². The lowest BCUT2D eigenvalue weighted by Crippen LogP contribution is -2.14. The van der Waals surface area contributed by atoms with Gasteiger partial charge >= 0.3 is 0 Å². The highest BCUT2D eigenvalue weighted by molar-refractivity contribution is 7.92. The molecule has 144 valence electrons. The fraction of sp³-hybridized carbons (Fsp3) is 0.235. The Morgan fingerprint density at radius 3 is 2.11 bits per heavy atom. The molecule has 0 radical (unpaired) electrons. The van der Waals surface area contributed by atoms with Crippen LogP contribution in [0.15, 0.2) is 35.5 Å². The maximum atomic E-state index is 12.9. The van der Waals surface area contributed by atoms with Gasteiger partial charge in [0.2, 0.25) is 5.75 Å². The topological polar surface area (TPSA) is 112 Å². The Bertz CT molecular complexity index is 1050. The Morgan fingerprint density at radius 2 is 1.56 bits per heavy atom. The number of aromatic amines is 1. The third-order valence-corrected chi connectivity index (χ3v) is 5.30. The summed E-state index contributed by atoms with van der Waals surface area (Å²) in [5.74, 6) is 1.32. The number of imidazole rings is 1. The molecule has 1 aromatic heterocycles. The van der Waals surface area contributed by atoms with Gasteiger partial charge in [0.1, 0.15) is 16.8 Å². The van der Waals surface area contributed by atoms with Crippen molar-refractivity contribution in [2.75, 3.05) is 33.2 Å². The molecule has 0 fully saturated rings. The molecule has 0 aliphatic carbocycles. The van der Waals surface area contributed by atoms with Gasteiger partial charge in [-0.15, -0.1) is 0 Å². The number of H-pyrrole nitrogens is 1. The summed E-state index contributed by atoms with van der Waals surface area (Å²) >= 11 is 0. The van der Waals surface area contributed by atoms with Gasteiger partial charge in [0.05, 0.1) is 45.3 Å². The molecule has 0 saturated carbocycles. The van der Waals surface area contributed by atoms with E-state index in [1.54, 1.807) is 12.1 Å². The van der Waals surface area contributed by atoms with E-state index in [1.807, 2.05) is 0 Å². The number of methoxy groups -OCH3 is 4. The third kappa shape index (κ3) is 3.31. The van der Waals surface area contributed by atoms with Crippen LogP contribution in [0.4, 0.5) is 5.69 Å². The molecular formula is C17H19N3O6S. The highest BCUT2D eigenvalue weighted by Gasteiger charge is 2.23. The number of anilines is 1. The van der Waals surface area contributed by atoms with E-state index >= 15 is 0 Å². The molecule has 0 spiro atoms. The van der Waals surface area contributed by atoms with Crippen molar-refractivity contribution in [3.05, 3.63) is 30.6 Å². The van der Waals surface area contributed by atoms with Crippen LogP contribution in [0.5, 0.6) is 23.0 Å². The molecule has 10 heteroatoms. The monoisotopic (exact) mass is 393 g/mol. The Balaban J connectivity index is 2.07. The standard InChI is InChI=1S/C17H19N3O6S/c1-23-12-6-5-11(15-16(12)19-9-18-15)20-27(21,22)10-7-13(24-2)17(26-4)14(8-10)25-3/h5-9,20H,1-4H3,(H,18,19). The highest BCUT2D eigenvalue weighted by Crippen LogP contribution is 2.40. The van der Waals surface area contributed by atoms with Gasteiger partial charge in [-0.1, -0.05) is 0 Å². The van der Waals surface area contributed by atoms with Crippen LogP contribution in [-0.2, 0) is 10.0 Å². The van der Waals surface area contributed by atoms with Gasteiger partial charge in [0, 0.05) is 12.1 Å². The molecule has 2 N–H and O–H groups in total. The number of fused-ring (bicyclic) bond motifs is 1. The normalized spacial score (nSPS) is 11.3. The highest BCUT2D eigenvalue weighted by atomic mass is 32.2. The Kier molecular flexibility index (Phi) is 5.00. The van der Waals surface area contributed by atoms with E-state index in [4.69, 9.17) is 18.9 Å². The first-order valence-corrected chi connectivity index (χ1v) is 9.26. The fourth-order valence-electron chi connectivity index (χ4n) is 2.68. The molecule has 1 heterocycles. The fourth-order valence-corrected chi connectivity index (χ4v) is 3.77. The van der Waals surface area contributed by atoms with E-state index in [1.165, 1.54) is 46.9 Å². The van der Waals surface area contributed by atoms with Crippen LogP contribution >= 0.6 is 0 Å². The zero-order valence-corrected chi connectivity index (χ0v) is 16.0. The summed E-state index contributed by atoms with van der Waals surface area (Å²) in [4.78, 5) is 7.05. The second kappa shape index (κ2) is 7.23. The molecule has 3 rings (SSSR count). The van der Waals surface area contributed by atoms with E-state index in [0.29, 0.717) is 28.2 Å². The maximum Gasteiger partial charge on any atom is 0.262 e. The van der Waals surface area contributed by atoms with E-state index in [0.717, 1.165) is 0 Å². The van der Waals surface area contributed by atoms with Gasteiger partial charge in [0.25, 0.3) is 10.0 Å². The largest absolute Gasteiger partial charge is 0.494 e. The number of hydrogen-bond acceptors (Lipinski definition) is 7. The minimum absolute atomic E-state index is 0.0449. The number of nitrogens with one attached hydrogen (secondary N) is 2. The molecule has 0 amide bonds. The number of benzene rings is 2. The van der Waals surface area contributed by atoms with Crippen LogP contribution in [0.3, 0.4) is 0 Å². The lowest BCUT2D eigenvalue weighted by molar-refractivity contribution is 0.323. The average Bonchev–Trinajstić information content (AvgIpc) is 3.17. The van der Waals surface area contributed by atoms with E-state index < -0.39 is 10.0 Å². The van der Waals surface area contributed by atoms with E-state index in [9.17, 15) is 8.42 Å². The lowest BCUT2D eigenvalue weighted by atomic mass is 10.2. The molecule has 0 atom stereocenters. The first kappa shape index (κ1) is 18.6. The maximum absolute atomic E-state index is 12.9. The zero-order valence-electron chi connectivity index (χ0n) is 15.2. The molecule has 9 nitrogen and oxygen atoms in total. The summed E-state index contributed by atoms with van der Waals surface area (Å²) in [6.45, 7) is 0. The SMILES string of the molecule is COc1cc(S(=O)(=O)Nc2ccc(OC)c3[nH]cnc23)cc(OC)c1OC. The summed E-state index contributed by atoms with van der Waals surface area (Å²) in [6.07, 6.45) is 1.46. The number of nitrogens with zero attached hydrogens (tertiary/aromatic N) is 1. The molecule has 27 heavy (non-hydrogen) atoms. The molecule has 0 saturated heterocycles. The first-order valence-electron chi connectivity index (χ1n) is 7.78. The Hall–Kier alpha value is -3.14. The molecule has 0 unspecified atom stereocenters. The second-order valence-electron chi connectivity index (χ2n) is 5.41. The van der Waals surface area contributed by atoms with Gasteiger partial charge in [-0.2, -0.15) is 0 Å². The zero-order chi connectivity index (χ0) is 19.6. The van der Waals surface area contributed by atoms with Crippen LogP contribution in [0.1, 0.15) is 0 Å². The smallest absolute Gasteiger partial charge is 0.262 e. The van der Waals surface area contributed by atoms with Crippen molar-refractivity contribution >= 4 is 26.7 Å². The summed E-state index contributed by atoms with van der Waals surface area (Å²) in [5, 5.41) is 0. The third-order valence-electron chi connectivity index (χ3n) is 3.96. The van der Waals surface area contributed by atoms with Crippen molar-refractivity contribution in [3.63, 3.8) is 0 Å². The second-order valence-corrected chi connectivity index (χ2v) is 7.09. The minimum Gasteiger partial charge on any atom is -0.494 e. The van der Waals surface area contributed by atoms with Crippen molar-refractivity contribution in [1.29, 1.82) is 0 Å². The summed E-state index contributed by atoms with van der Waals surface area (Å²) in [5.41, 5.74) is 1.33. The van der Waals surface area contributed by atoms with Crippen molar-refractivity contribution in [2.45, 2.75) is 4.90 Å². The van der Waals surface area contributed by atoms with Crippen LogP contribution in [-0.4, -0.2) is 46.8 Å². The van der Waals surface area contributed by atoms with Gasteiger partial charge in [0.15, 0.2) is 11.5 Å². The van der Waals surface area contributed by atoms with Crippen LogP contribution in [0.25, 0.3) is 11.0 Å². The van der Waals surface area contributed by atoms with Gasteiger partial charge in [-0.25, -0.2) is 13.4 Å². The predicted octanol–water partition coefficient (Wildman–Crippen LogP) is 2.40. The molecular weight excluding hydrogens is 374 g/mol. The van der Waals surface area contributed by atoms with Crippen molar-refractivity contribution < 1.29 is 27.4 Å². The minimum atomic E-state index is -3.95. The van der Waals surface area contributed by atoms with Crippen molar-refractivity contribution in [1.82, 2.24) is 9.97 Å². The first-order chi connectivity index (χ1) is 12.9. The van der Waals surface area contributed by atoms with Gasteiger partial charge in [-0.05, 0) is 12.1 Å². The summed E-state index contributed by atoms with van der Waals surface area (Å²) in [7, 11) is 1.84. The molecule has 0 aliphatic rings. The van der Waals surface area contributed by atoms with Crippen LogP contribution in [0, 0.1) is 0 Å². The van der Waals surface area contributed by atoms with Crippen molar-refractivity contribution in [2.24, 2.45) is 0 Å². The van der Waals surface area contributed by atoms with Crippen molar-refractivity contribution in [3.8, 4) is 23.0 Å². The van der Waals surface area contributed by atoms with Crippen LogP contribution < -0.4 is 23.7 Å². The molecule has 2 aromatic carbocycles. The Labute approximate surface area is 156 Å². The molecule has 0 bridgehead atoms. The van der Waals surface area contributed by atoms with E-state index in [2.05, 4.69) is 14.7 Å². The van der Waals surface area contributed by atoms with Gasteiger partial charge in [-0.3, -0.25) is 4.72 Å². The van der Waals surface area contributed by atoms with Gasteiger partial charge < -0.3 is 23.9 Å². The van der Waals surface area contributed by atoms with Crippen LogP contribution in [0.2, 0.25) is 0 Å². The molecule has 3 aromatic rings. The average molecular weight is 393 g/mol. The number of sulfonamides is 1. The number of ether oxygens (including phenoxy) is 4. The number of rotatable bonds is 7. The Morgan fingerprint density at radius 1 is 0.926 bits per heavy atom. The number of aromatic nitrogens is 2. The molecule has 0 aliphatic heterocycles. The quantitative estimate of drug-likeness (QED) is 0.634. The number of hydrogen-bond donors (Lipinski definition) is 2. The lowest BCUT2D eigenvalue weighted by Gasteiger charge is -2.15. The summed E-state index contributed by atoms with van der Waals surface area (Å²) in [6, 6.07) is 5.94.